The summed E-state index contributed by atoms with van der Waals surface area (Å²) in [5, 5.41) is 4.11. The van der Waals surface area contributed by atoms with Crippen molar-refractivity contribution in [3.63, 3.8) is 0 Å². The third-order valence-electron chi connectivity index (χ3n) is 3.20. The molecule has 0 bridgehead atoms. The number of nitrogens with zero attached hydrogens (tertiary/aromatic N) is 4. The molecule has 1 aromatic heterocycles. The number of anilines is 1. The van der Waals surface area contributed by atoms with E-state index < -0.39 is 0 Å². The zero-order valence-electron chi connectivity index (χ0n) is 12.0. The first-order valence-electron chi connectivity index (χ1n) is 6.67. The van der Waals surface area contributed by atoms with Crippen LogP contribution in [0.1, 0.15) is 12.2 Å². The number of methoxy groups -OCH3 is 1. The van der Waals surface area contributed by atoms with Gasteiger partial charge in [0.1, 0.15) is 17.9 Å². The van der Waals surface area contributed by atoms with Gasteiger partial charge in [0, 0.05) is 13.6 Å². The molecule has 0 saturated carbocycles. The summed E-state index contributed by atoms with van der Waals surface area (Å²) in [6.45, 7) is 2.19. The highest BCUT2D eigenvalue weighted by Gasteiger charge is 2.14. The van der Waals surface area contributed by atoms with Crippen LogP contribution in [0.4, 0.5) is 5.69 Å². The van der Waals surface area contributed by atoms with Crippen molar-refractivity contribution in [3.8, 4) is 5.75 Å². The van der Waals surface area contributed by atoms with Crippen molar-refractivity contribution >= 4 is 5.69 Å². The van der Waals surface area contributed by atoms with E-state index in [-0.39, 0.29) is 0 Å². The fourth-order valence-corrected chi connectivity index (χ4v) is 2.09. The lowest BCUT2D eigenvalue weighted by atomic mass is 10.2. The second-order valence-corrected chi connectivity index (χ2v) is 4.54. The summed E-state index contributed by atoms with van der Waals surface area (Å²) in [6, 6.07) is 7.98. The maximum Gasteiger partial charge on any atom is 0.146 e. The van der Waals surface area contributed by atoms with Crippen molar-refractivity contribution in [1.82, 2.24) is 14.8 Å². The van der Waals surface area contributed by atoms with Gasteiger partial charge in [-0.15, -0.1) is 0 Å². The smallest absolute Gasteiger partial charge is 0.146 e. The highest BCUT2D eigenvalue weighted by Crippen LogP contribution is 2.28. The van der Waals surface area contributed by atoms with Gasteiger partial charge in [0.25, 0.3) is 0 Å². The molecule has 108 valence electrons. The molecule has 2 rings (SSSR count). The molecule has 2 aromatic rings. The molecule has 0 amide bonds. The summed E-state index contributed by atoms with van der Waals surface area (Å²) in [5.74, 6) is 1.76. The second-order valence-electron chi connectivity index (χ2n) is 4.54. The van der Waals surface area contributed by atoms with E-state index in [1.807, 2.05) is 31.3 Å². The second kappa shape index (κ2) is 6.91. The van der Waals surface area contributed by atoms with E-state index in [1.165, 1.54) is 0 Å². The maximum atomic E-state index is 5.64. The Morgan fingerprint density at radius 1 is 1.35 bits per heavy atom. The number of hydrogen-bond donors (Lipinski definition) is 1. The van der Waals surface area contributed by atoms with Crippen LogP contribution in [0.15, 0.2) is 30.6 Å². The van der Waals surface area contributed by atoms with Gasteiger partial charge in [-0.05, 0) is 25.1 Å². The average molecular weight is 275 g/mol. The fourth-order valence-electron chi connectivity index (χ4n) is 2.09. The van der Waals surface area contributed by atoms with Gasteiger partial charge in [0.15, 0.2) is 0 Å². The number of nitrogens with two attached hydrogens (primary N) is 1. The normalized spacial score (nSPS) is 10.6. The number of aromatic nitrogens is 3. The van der Waals surface area contributed by atoms with Crippen molar-refractivity contribution in [2.75, 3.05) is 25.1 Å². The van der Waals surface area contributed by atoms with Gasteiger partial charge < -0.3 is 15.4 Å². The average Bonchev–Trinajstić information content (AvgIpc) is 2.88. The third kappa shape index (κ3) is 3.27. The lowest BCUT2D eigenvalue weighted by Gasteiger charge is -2.25. The Balaban J connectivity index is 2.24. The number of ether oxygens (including phenoxy) is 1. The highest BCUT2D eigenvalue weighted by molar-refractivity contribution is 5.58. The molecule has 20 heavy (non-hydrogen) atoms. The Bertz CT molecular complexity index is 540. The van der Waals surface area contributed by atoms with Crippen LogP contribution < -0.4 is 15.4 Å². The van der Waals surface area contributed by atoms with Crippen LogP contribution in [-0.4, -0.2) is 35.0 Å². The summed E-state index contributed by atoms with van der Waals surface area (Å²) in [6.07, 6.45) is 2.48. The van der Waals surface area contributed by atoms with E-state index in [0.29, 0.717) is 13.1 Å². The largest absolute Gasteiger partial charge is 0.495 e. The van der Waals surface area contributed by atoms with Crippen LogP contribution in [0, 0.1) is 0 Å². The zero-order chi connectivity index (χ0) is 14.4. The Kier molecular flexibility index (Phi) is 4.95. The maximum absolute atomic E-state index is 5.64. The van der Waals surface area contributed by atoms with Crippen molar-refractivity contribution in [2.45, 2.75) is 13.0 Å². The number of aryl methyl sites for hydroxylation is 1. The minimum absolute atomic E-state index is 0.657. The first kappa shape index (κ1) is 14.3. The molecule has 1 aromatic carbocycles. The molecule has 0 aliphatic rings. The topological polar surface area (TPSA) is 69.2 Å². The first-order chi connectivity index (χ1) is 9.76. The highest BCUT2D eigenvalue weighted by atomic mass is 16.5. The van der Waals surface area contributed by atoms with Crippen LogP contribution in [0.3, 0.4) is 0 Å². The van der Waals surface area contributed by atoms with E-state index in [9.17, 15) is 0 Å². The Morgan fingerprint density at radius 2 is 2.15 bits per heavy atom. The minimum Gasteiger partial charge on any atom is -0.495 e. The molecule has 0 fully saturated rings. The van der Waals surface area contributed by atoms with Crippen molar-refractivity contribution < 1.29 is 4.74 Å². The van der Waals surface area contributed by atoms with Crippen molar-refractivity contribution in [2.24, 2.45) is 12.8 Å². The predicted molar refractivity (Wildman–Crippen MR) is 78.7 cm³/mol. The quantitative estimate of drug-likeness (QED) is 0.821. The molecule has 6 nitrogen and oxygen atoms in total. The molecular weight excluding hydrogens is 254 g/mol. The van der Waals surface area contributed by atoms with Gasteiger partial charge in [-0.2, -0.15) is 5.10 Å². The summed E-state index contributed by atoms with van der Waals surface area (Å²) in [7, 11) is 3.58. The molecule has 0 aliphatic carbocycles. The third-order valence-corrected chi connectivity index (χ3v) is 3.20. The lowest BCUT2D eigenvalue weighted by molar-refractivity contribution is 0.413. The first-order valence-corrected chi connectivity index (χ1v) is 6.67. The van der Waals surface area contributed by atoms with Crippen LogP contribution in [-0.2, 0) is 13.6 Å². The van der Waals surface area contributed by atoms with Gasteiger partial charge in [-0.3, -0.25) is 4.68 Å². The number of hydrogen-bond acceptors (Lipinski definition) is 5. The van der Waals surface area contributed by atoms with Gasteiger partial charge >= 0.3 is 0 Å². The van der Waals surface area contributed by atoms with Crippen LogP contribution in [0.2, 0.25) is 0 Å². The summed E-state index contributed by atoms with van der Waals surface area (Å²) in [5.41, 5.74) is 6.69. The molecule has 0 aliphatic heterocycles. The SMILES string of the molecule is COc1ccccc1N(CCCN)Cc1ncnn1C. The monoisotopic (exact) mass is 275 g/mol. The molecule has 0 atom stereocenters. The summed E-state index contributed by atoms with van der Waals surface area (Å²) < 4.78 is 7.22. The number of rotatable bonds is 7. The van der Waals surface area contributed by atoms with E-state index in [4.69, 9.17) is 10.5 Å². The number of benzene rings is 1. The predicted octanol–water partition coefficient (Wildman–Crippen LogP) is 1.18. The molecule has 6 heteroatoms. The standard InChI is InChI=1S/C14H21N5O/c1-18-14(16-11-17-18)10-19(9-5-8-15)12-6-3-4-7-13(12)20-2/h3-4,6-7,11H,5,8-10,15H2,1-2H3. The van der Waals surface area contributed by atoms with Crippen LogP contribution in [0.5, 0.6) is 5.75 Å². The molecule has 0 saturated heterocycles. The molecule has 0 unspecified atom stereocenters. The fraction of sp³-hybridized carbons (Fsp3) is 0.429. The van der Waals surface area contributed by atoms with Gasteiger partial charge in [0.2, 0.25) is 0 Å². The van der Waals surface area contributed by atoms with Crippen molar-refractivity contribution in [1.29, 1.82) is 0 Å². The summed E-state index contributed by atoms with van der Waals surface area (Å²) >= 11 is 0. The van der Waals surface area contributed by atoms with E-state index >= 15 is 0 Å². The van der Waals surface area contributed by atoms with Gasteiger partial charge in [0.05, 0.1) is 19.3 Å². The summed E-state index contributed by atoms with van der Waals surface area (Å²) in [4.78, 5) is 6.50. The molecule has 0 spiro atoms. The zero-order valence-corrected chi connectivity index (χ0v) is 12.0. The molecular formula is C14H21N5O. The van der Waals surface area contributed by atoms with Crippen molar-refractivity contribution in [3.05, 3.63) is 36.4 Å². The Morgan fingerprint density at radius 3 is 2.80 bits per heavy atom. The lowest BCUT2D eigenvalue weighted by Crippen LogP contribution is -2.27. The van der Waals surface area contributed by atoms with Crippen LogP contribution in [0.25, 0.3) is 0 Å². The van der Waals surface area contributed by atoms with E-state index in [2.05, 4.69) is 15.0 Å². The Hall–Kier alpha value is -2.08. The molecule has 0 radical (unpaired) electrons. The van der Waals surface area contributed by atoms with E-state index in [0.717, 1.165) is 30.2 Å². The Labute approximate surface area is 119 Å². The number of para-hydroxylation sites is 2. The minimum atomic E-state index is 0.657. The molecule has 1 heterocycles. The van der Waals surface area contributed by atoms with E-state index in [1.54, 1.807) is 18.1 Å². The van der Waals surface area contributed by atoms with Gasteiger partial charge in [-0.25, -0.2) is 4.98 Å². The molecule has 2 N–H and O–H groups in total. The van der Waals surface area contributed by atoms with Crippen LogP contribution >= 0.6 is 0 Å². The van der Waals surface area contributed by atoms with Gasteiger partial charge in [-0.1, -0.05) is 12.1 Å².